The summed E-state index contributed by atoms with van der Waals surface area (Å²) in [5.74, 6) is 0.123. The molecule has 1 aliphatic rings. The smallest absolute Gasteiger partial charge is 0.338 e. The Morgan fingerprint density at radius 1 is 1.14 bits per heavy atom. The summed E-state index contributed by atoms with van der Waals surface area (Å²) >= 11 is 0. The van der Waals surface area contributed by atoms with Gasteiger partial charge in [-0.1, -0.05) is 12.1 Å². The summed E-state index contributed by atoms with van der Waals surface area (Å²) in [6.45, 7) is 6.33. The van der Waals surface area contributed by atoms with E-state index in [0.717, 1.165) is 16.9 Å². The molecule has 2 aromatic rings. The minimum absolute atomic E-state index is 0.0469. The molecule has 3 rings (SSSR count). The van der Waals surface area contributed by atoms with Gasteiger partial charge in [0.1, 0.15) is 24.7 Å². The van der Waals surface area contributed by atoms with Crippen LogP contribution >= 0.6 is 0 Å². The van der Waals surface area contributed by atoms with Crippen LogP contribution in [0.5, 0.6) is 5.75 Å². The van der Waals surface area contributed by atoms with Crippen molar-refractivity contribution in [3.05, 3.63) is 63.2 Å². The van der Waals surface area contributed by atoms with E-state index in [0.29, 0.717) is 32.0 Å². The molecule has 0 aromatic heterocycles. The second kappa shape index (κ2) is 9.38. The van der Waals surface area contributed by atoms with Crippen LogP contribution in [-0.2, 0) is 9.47 Å². The average molecular weight is 400 g/mol. The van der Waals surface area contributed by atoms with Gasteiger partial charge in [0.2, 0.25) is 0 Å². The highest BCUT2D eigenvalue weighted by atomic mass is 16.6. The zero-order valence-electron chi connectivity index (χ0n) is 16.6. The number of hydrogen-bond acceptors (Lipinski definition) is 7. The van der Waals surface area contributed by atoms with Crippen molar-refractivity contribution in [3.8, 4) is 5.75 Å². The highest BCUT2D eigenvalue weighted by Crippen LogP contribution is 2.30. The Kier molecular flexibility index (Phi) is 6.66. The normalized spacial score (nSPS) is 13.8. The molecule has 8 heteroatoms. The molecule has 0 aliphatic carbocycles. The van der Waals surface area contributed by atoms with Crippen molar-refractivity contribution in [3.63, 3.8) is 0 Å². The number of carbonyl (C=O) groups excluding carboxylic acids is 1. The topological polar surface area (TPSA) is 91.1 Å². The second-order valence-electron chi connectivity index (χ2n) is 6.81. The number of esters is 1. The Hall–Kier alpha value is -3.13. The maximum Gasteiger partial charge on any atom is 0.338 e. The van der Waals surface area contributed by atoms with E-state index >= 15 is 0 Å². The molecule has 0 saturated carbocycles. The second-order valence-corrected chi connectivity index (χ2v) is 6.81. The molecule has 0 atom stereocenters. The van der Waals surface area contributed by atoms with Crippen LogP contribution in [0.2, 0.25) is 0 Å². The first-order chi connectivity index (χ1) is 14.0. The van der Waals surface area contributed by atoms with Gasteiger partial charge in [-0.05, 0) is 43.2 Å². The van der Waals surface area contributed by atoms with Crippen LogP contribution in [0.4, 0.5) is 11.4 Å². The van der Waals surface area contributed by atoms with Gasteiger partial charge in [0.05, 0.1) is 23.7 Å². The van der Waals surface area contributed by atoms with Crippen LogP contribution in [-0.4, -0.2) is 50.4 Å². The summed E-state index contributed by atoms with van der Waals surface area (Å²) in [6.07, 6.45) is 0. The number of aryl methyl sites for hydroxylation is 2. The van der Waals surface area contributed by atoms with Gasteiger partial charge in [0.25, 0.3) is 5.69 Å². The van der Waals surface area contributed by atoms with Crippen LogP contribution in [0.1, 0.15) is 21.5 Å². The largest absolute Gasteiger partial charge is 0.490 e. The molecule has 1 fully saturated rings. The Bertz CT molecular complexity index is 893. The van der Waals surface area contributed by atoms with Crippen molar-refractivity contribution < 1.29 is 23.9 Å². The fourth-order valence-corrected chi connectivity index (χ4v) is 3.10. The molecule has 0 bridgehead atoms. The minimum atomic E-state index is -0.619. The van der Waals surface area contributed by atoms with Crippen LogP contribution < -0.4 is 9.64 Å². The molecule has 0 radical (unpaired) electrons. The van der Waals surface area contributed by atoms with E-state index in [1.165, 1.54) is 6.07 Å². The van der Waals surface area contributed by atoms with Crippen molar-refractivity contribution in [2.45, 2.75) is 13.8 Å². The highest BCUT2D eigenvalue weighted by molar-refractivity contribution is 5.91. The number of hydrogen-bond donors (Lipinski definition) is 0. The van der Waals surface area contributed by atoms with Crippen molar-refractivity contribution in [2.24, 2.45) is 0 Å². The Morgan fingerprint density at radius 3 is 2.62 bits per heavy atom. The molecule has 0 unspecified atom stereocenters. The van der Waals surface area contributed by atoms with E-state index in [2.05, 4.69) is 0 Å². The zero-order valence-corrected chi connectivity index (χ0v) is 16.6. The first-order valence-electron chi connectivity index (χ1n) is 9.44. The van der Waals surface area contributed by atoms with Gasteiger partial charge in [-0.2, -0.15) is 0 Å². The third kappa shape index (κ3) is 5.23. The number of carbonyl (C=O) groups is 1. The molecule has 0 spiro atoms. The number of rotatable bonds is 7. The first kappa shape index (κ1) is 20.6. The summed E-state index contributed by atoms with van der Waals surface area (Å²) in [7, 11) is 0. The lowest BCUT2D eigenvalue weighted by Crippen LogP contribution is -2.36. The number of ether oxygens (including phenoxy) is 3. The molecular formula is C21H24N2O6. The molecule has 154 valence electrons. The SMILES string of the molecule is Cc1ccc(C)c(OCCOC(=O)c2ccc(N3CCOCC3)c([N+](=O)[O-])c2)c1. The molecule has 1 heterocycles. The lowest BCUT2D eigenvalue weighted by atomic mass is 10.1. The van der Waals surface area contributed by atoms with Crippen molar-refractivity contribution in [1.29, 1.82) is 0 Å². The Balaban J connectivity index is 1.60. The fraction of sp³-hybridized carbons (Fsp3) is 0.381. The molecule has 29 heavy (non-hydrogen) atoms. The number of morpholine rings is 1. The molecule has 8 nitrogen and oxygen atoms in total. The first-order valence-corrected chi connectivity index (χ1v) is 9.44. The molecular weight excluding hydrogens is 376 g/mol. The zero-order chi connectivity index (χ0) is 20.8. The molecule has 2 aromatic carbocycles. The summed E-state index contributed by atoms with van der Waals surface area (Å²) in [5.41, 5.74) is 2.58. The van der Waals surface area contributed by atoms with E-state index < -0.39 is 10.9 Å². The van der Waals surface area contributed by atoms with E-state index in [-0.39, 0.29) is 24.5 Å². The average Bonchev–Trinajstić information content (AvgIpc) is 2.73. The van der Waals surface area contributed by atoms with Gasteiger partial charge < -0.3 is 19.1 Å². The van der Waals surface area contributed by atoms with Crippen molar-refractivity contribution in [1.82, 2.24) is 0 Å². The summed E-state index contributed by atoms with van der Waals surface area (Å²) in [4.78, 5) is 25.2. The van der Waals surface area contributed by atoms with E-state index in [4.69, 9.17) is 14.2 Å². The van der Waals surface area contributed by atoms with Gasteiger partial charge in [-0.25, -0.2) is 4.79 Å². The van der Waals surface area contributed by atoms with Crippen molar-refractivity contribution in [2.75, 3.05) is 44.4 Å². The molecule has 0 N–H and O–H groups in total. The number of nitrogens with zero attached hydrogens (tertiary/aromatic N) is 2. The van der Waals surface area contributed by atoms with Crippen LogP contribution in [0.15, 0.2) is 36.4 Å². The molecule has 1 saturated heterocycles. The summed E-state index contributed by atoms with van der Waals surface area (Å²) in [6, 6.07) is 10.3. The Morgan fingerprint density at radius 2 is 1.90 bits per heavy atom. The van der Waals surface area contributed by atoms with Crippen LogP contribution in [0.3, 0.4) is 0 Å². The van der Waals surface area contributed by atoms with Gasteiger partial charge in [0, 0.05) is 19.2 Å². The van der Waals surface area contributed by atoms with Gasteiger partial charge >= 0.3 is 5.97 Å². The lowest BCUT2D eigenvalue weighted by molar-refractivity contribution is -0.384. The van der Waals surface area contributed by atoms with E-state index in [1.54, 1.807) is 12.1 Å². The third-order valence-corrected chi connectivity index (χ3v) is 4.68. The van der Waals surface area contributed by atoms with E-state index in [1.807, 2.05) is 36.9 Å². The fourth-order valence-electron chi connectivity index (χ4n) is 3.10. The highest BCUT2D eigenvalue weighted by Gasteiger charge is 2.23. The quantitative estimate of drug-likeness (QED) is 0.305. The number of benzene rings is 2. The molecule has 1 aliphatic heterocycles. The standard InChI is InChI=1S/C21H24N2O6/c1-15-3-4-16(2)20(13-15)28-11-12-29-21(24)17-5-6-18(19(14-17)23(25)26)22-7-9-27-10-8-22/h3-6,13-14H,7-12H2,1-2H3. The summed E-state index contributed by atoms with van der Waals surface area (Å²) < 4.78 is 16.2. The summed E-state index contributed by atoms with van der Waals surface area (Å²) in [5, 5.41) is 11.5. The number of anilines is 1. The lowest BCUT2D eigenvalue weighted by Gasteiger charge is -2.28. The van der Waals surface area contributed by atoms with Crippen LogP contribution in [0, 0.1) is 24.0 Å². The maximum absolute atomic E-state index is 12.3. The predicted octanol–water partition coefficient (Wildman–Crippen LogP) is 3.28. The van der Waals surface area contributed by atoms with Gasteiger partial charge in [-0.15, -0.1) is 0 Å². The van der Waals surface area contributed by atoms with Gasteiger partial charge in [-0.3, -0.25) is 10.1 Å². The minimum Gasteiger partial charge on any atom is -0.490 e. The Labute approximate surface area is 169 Å². The van der Waals surface area contributed by atoms with Crippen LogP contribution in [0.25, 0.3) is 0 Å². The van der Waals surface area contributed by atoms with E-state index in [9.17, 15) is 14.9 Å². The van der Waals surface area contributed by atoms with Crippen molar-refractivity contribution >= 4 is 17.3 Å². The van der Waals surface area contributed by atoms with Gasteiger partial charge in [0.15, 0.2) is 0 Å². The number of nitro groups is 1. The number of nitro benzene ring substituents is 1. The molecule has 0 amide bonds. The monoisotopic (exact) mass is 400 g/mol. The third-order valence-electron chi connectivity index (χ3n) is 4.68. The predicted molar refractivity (Wildman–Crippen MR) is 108 cm³/mol. The maximum atomic E-state index is 12.3.